The van der Waals surface area contributed by atoms with Crippen LogP contribution in [-0.4, -0.2) is 41.7 Å². The molecule has 1 aliphatic rings. The van der Waals surface area contributed by atoms with Crippen molar-refractivity contribution < 1.29 is 14.7 Å². The number of rotatable bonds is 4. The summed E-state index contributed by atoms with van der Waals surface area (Å²) in [6, 6.07) is 6.94. The molecule has 2 amide bonds. The lowest BCUT2D eigenvalue weighted by Gasteiger charge is -2.27. The average Bonchev–Trinajstić information content (AvgIpc) is 2.54. The number of oxime groups is 1. The van der Waals surface area contributed by atoms with Crippen molar-refractivity contribution in [3.05, 3.63) is 24.3 Å². The molecule has 0 aliphatic carbocycles. The Bertz CT molecular complexity index is 513. The molecular formula is C14H20N4O3. The zero-order valence-electron chi connectivity index (χ0n) is 11.8. The monoisotopic (exact) mass is 292 g/mol. The minimum Gasteiger partial charge on any atom is -0.483 e. The molecule has 1 aromatic rings. The summed E-state index contributed by atoms with van der Waals surface area (Å²) < 4.78 is 5.43. The zero-order chi connectivity index (χ0) is 15.1. The lowest BCUT2D eigenvalue weighted by molar-refractivity contribution is 0.200. The van der Waals surface area contributed by atoms with Gasteiger partial charge < -0.3 is 25.9 Å². The molecule has 0 unspecified atom stereocenters. The number of nitrogens with one attached hydrogen (secondary N) is 1. The van der Waals surface area contributed by atoms with Crippen LogP contribution in [0.2, 0.25) is 0 Å². The molecule has 0 spiro atoms. The molecule has 0 radical (unpaired) electrons. The minimum atomic E-state index is -0.130. The van der Waals surface area contributed by atoms with E-state index >= 15 is 0 Å². The van der Waals surface area contributed by atoms with Crippen molar-refractivity contribution in [2.24, 2.45) is 10.9 Å². The predicted octanol–water partition coefficient (Wildman–Crippen LogP) is 1.83. The summed E-state index contributed by atoms with van der Waals surface area (Å²) in [5, 5.41) is 14.2. The molecule has 114 valence electrons. The molecular weight excluding hydrogens is 272 g/mol. The number of hydrogen-bond acceptors (Lipinski definition) is 4. The van der Waals surface area contributed by atoms with Gasteiger partial charge in [0.25, 0.3) is 0 Å². The van der Waals surface area contributed by atoms with E-state index in [4.69, 9.17) is 15.7 Å². The number of carbonyl (C=O) groups is 1. The highest BCUT2D eigenvalue weighted by Gasteiger charge is 2.17. The third-order valence-corrected chi connectivity index (χ3v) is 3.28. The fourth-order valence-corrected chi connectivity index (χ4v) is 2.17. The van der Waals surface area contributed by atoms with Crippen molar-refractivity contribution in [2.45, 2.75) is 19.3 Å². The van der Waals surface area contributed by atoms with E-state index < -0.39 is 0 Å². The zero-order valence-corrected chi connectivity index (χ0v) is 11.8. The van der Waals surface area contributed by atoms with Gasteiger partial charge in [0.2, 0.25) is 0 Å². The number of anilines is 1. The fraction of sp³-hybridized carbons (Fsp3) is 0.429. The van der Waals surface area contributed by atoms with Gasteiger partial charge in [-0.15, -0.1) is 0 Å². The summed E-state index contributed by atoms with van der Waals surface area (Å²) >= 11 is 0. The van der Waals surface area contributed by atoms with Gasteiger partial charge in [-0.2, -0.15) is 0 Å². The van der Waals surface area contributed by atoms with E-state index in [0.29, 0.717) is 11.4 Å². The Balaban J connectivity index is 2.00. The van der Waals surface area contributed by atoms with Crippen LogP contribution in [0.5, 0.6) is 5.75 Å². The van der Waals surface area contributed by atoms with Gasteiger partial charge in [-0.05, 0) is 31.4 Å². The van der Waals surface area contributed by atoms with Gasteiger partial charge in [-0.3, -0.25) is 0 Å². The number of ether oxygens (including phenoxy) is 1. The molecule has 7 nitrogen and oxygen atoms in total. The van der Waals surface area contributed by atoms with E-state index in [2.05, 4.69) is 10.5 Å². The van der Waals surface area contributed by atoms with Crippen LogP contribution in [0.3, 0.4) is 0 Å². The van der Waals surface area contributed by atoms with E-state index in [1.54, 1.807) is 23.1 Å². The molecule has 1 fully saturated rings. The van der Waals surface area contributed by atoms with Crippen LogP contribution in [0.15, 0.2) is 29.4 Å². The number of urea groups is 1. The Morgan fingerprint density at radius 3 is 2.76 bits per heavy atom. The Hall–Kier alpha value is -2.44. The summed E-state index contributed by atoms with van der Waals surface area (Å²) in [5.41, 5.74) is 5.94. The van der Waals surface area contributed by atoms with E-state index in [1.165, 1.54) is 6.42 Å². The van der Waals surface area contributed by atoms with Gasteiger partial charge >= 0.3 is 6.03 Å². The molecule has 1 heterocycles. The van der Waals surface area contributed by atoms with Gasteiger partial charge in [0.1, 0.15) is 12.4 Å². The number of nitrogens with zero attached hydrogens (tertiary/aromatic N) is 2. The normalized spacial score (nSPS) is 15.6. The molecule has 1 aromatic carbocycles. The first-order valence-corrected chi connectivity index (χ1v) is 6.95. The van der Waals surface area contributed by atoms with Gasteiger partial charge in [0.05, 0.1) is 5.69 Å². The number of likely N-dealkylation sites (tertiary alicyclic amines) is 1. The maximum atomic E-state index is 12.2. The summed E-state index contributed by atoms with van der Waals surface area (Å²) in [6.45, 7) is 1.51. The number of benzene rings is 1. The van der Waals surface area contributed by atoms with Crippen LogP contribution >= 0.6 is 0 Å². The third kappa shape index (κ3) is 4.27. The quantitative estimate of drug-likeness (QED) is 0.341. The fourth-order valence-electron chi connectivity index (χ4n) is 2.17. The van der Waals surface area contributed by atoms with Crippen LogP contribution in [0, 0.1) is 0 Å². The van der Waals surface area contributed by atoms with Crippen molar-refractivity contribution in [1.29, 1.82) is 0 Å². The second-order valence-electron chi connectivity index (χ2n) is 4.85. The van der Waals surface area contributed by atoms with Crippen molar-refractivity contribution >= 4 is 17.6 Å². The standard InChI is InChI=1S/C14H20N4O3/c15-13(17-20)10-21-12-7-3-2-6-11(12)16-14(19)18-8-4-1-5-9-18/h2-3,6-7,20H,1,4-5,8-10H2,(H2,15,17)(H,16,19). The number of nitrogens with two attached hydrogens (primary N) is 1. The number of piperidine rings is 1. The average molecular weight is 292 g/mol. The first-order valence-electron chi connectivity index (χ1n) is 6.95. The first-order chi connectivity index (χ1) is 10.2. The maximum Gasteiger partial charge on any atom is 0.321 e. The van der Waals surface area contributed by atoms with Crippen LogP contribution in [0.4, 0.5) is 10.5 Å². The van der Waals surface area contributed by atoms with Crippen LogP contribution < -0.4 is 15.8 Å². The van der Waals surface area contributed by atoms with Crippen LogP contribution in [-0.2, 0) is 0 Å². The summed E-state index contributed by atoms with van der Waals surface area (Å²) in [5.74, 6) is 0.446. The third-order valence-electron chi connectivity index (χ3n) is 3.28. The van der Waals surface area contributed by atoms with Crippen molar-refractivity contribution in [3.8, 4) is 5.75 Å². The molecule has 1 aliphatic heterocycles. The molecule has 1 saturated heterocycles. The molecule has 0 bridgehead atoms. The van der Waals surface area contributed by atoms with Gasteiger partial charge in [0, 0.05) is 13.1 Å². The Morgan fingerprint density at radius 1 is 1.33 bits per heavy atom. The van der Waals surface area contributed by atoms with Gasteiger partial charge in [-0.1, -0.05) is 17.3 Å². The molecule has 21 heavy (non-hydrogen) atoms. The Morgan fingerprint density at radius 2 is 2.05 bits per heavy atom. The van der Waals surface area contributed by atoms with E-state index in [0.717, 1.165) is 25.9 Å². The molecule has 7 heteroatoms. The number of carbonyl (C=O) groups excluding carboxylic acids is 1. The molecule has 0 saturated carbocycles. The first kappa shape index (κ1) is 15.0. The minimum absolute atomic E-state index is 0.0350. The summed E-state index contributed by atoms with van der Waals surface area (Å²) in [6.07, 6.45) is 3.24. The smallest absolute Gasteiger partial charge is 0.321 e. The van der Waals surface area contributed by atoms with E-state index in [9.17, 15) is 4.79 Å². The second-order valence-corrected chi connectivity index (χ2v) is 4.85. The summed E-state index contributed by atoms with van der Waals surface area (Å²) in [4.78, 5) is 14.0. The number of amidine groups is 1. The van der Waals surface area contributed by atoms with Gasteiger partial charge in [-0.25, -0.2) is 4.79 Å². The van der Waals surface area contributed by atoms with Crippen LogP contribution in [0.25, 0.3) is 0 Å². The van der Waals surface area contributed by atoms with Crippen molar-refractivity contribution in [1.82, 2.24) is 4.90 Å². The van der Waals surface area contributed by atoms with Crippen LogP contribution in [0.1, 0.15) is 19.3 Å². The molecule has 0 aromatic heterocycles. The number of hydrogen-bond donors (Lipinski definition) is 3. The van der Waals surface area contributed by atoms with E-state index in [-0.39, 0.29) is 18.5 Å². The molecule has 4 N–H and O–H groups in total. The second kappa shape index (κ2) is 7.37. The molecule has 0 atom stereocenters. The SMILES string of the molecule is NC(COc1ccccc1NC(=O)N1CCCCC1)=NO. The highest BCUT2D eigenvalue weighted by atomic mass is 16.5. The van der Waals surface area contributed by atoms with E-state index in [1.807, 2.05) is 6.07 Å². The topological polar surface area (TPSA) is 100 Å². The lowest BCUT2D eigenvalue weighted by atomic mass is 10.1. The lowest BCUT2D eigenvalue weighted by Crippen LogP contribution is -2.38. The predicted molar refractivity (Wildman–Crippen MR) is 79.8 cm³/mol. The van der Waals surface area contributed by atoms with Gasteiger partial charge in [0.15, 0.2) is 5.84 Å². The highest BCUT2D eigenvalue weighted by molar-refractivity contribution is 5.91. The highest BCUT2D eigenvalue weighted by Crippen LogP contribution is 2.24. The summed E-state index contributed by atoms with van der Waals surface area (Å²) in [7, 11) is 0. The number of amides is 2. The van der Waals surface area contributed by atoms with Crippen molar-refractivity contribution in [2.75, 3.05) is 25.0 Å². The van der Waals surface area contributed by atoms with Crippen molar-refractivity contribution in [3.63, 3.8) is 0 Å². The molecule has 2 rings (SSSR count). The Labute approximate surface area is 123 Å². The maximum absolute atomic E-state index is 12.2. The number of para-hydroxylation sites is 2. The largest absolute Gasteiger partial charge is 0.483 e. The Kier molecular flexibility index (Phi) is 5.25.